The lowest BCUT2D eigenvalue weighted by atomic mass is 9.97. The number of hydrogen-bond acceptors (Lipinski definition) is 8. The van der Waals surface area contributed by atoms with E-state index in [4.69, 9.17) is 10.3 Å². The van der Waals surface area contributed by atoms with Crippen LogP contribution >= 0.6 is 0 Å². The molecule has 0 aliphatic rings. The molecule has 2 amide bonds. The van der Waals surface area contributed by atoms with Gasteiger partial charge >= 0.3 is 0 Å². The number of aryl methyl sites for hydroxylation is 2. The molecule has 0 aliphatic heterocycles. The maximum Gasteiger partial charge on any atom is 0.254 e. The maximum atomic E-state index is 13.1. The van der Waals surface area contributed by atoms with Gasteiger partial charge in [-0.15, -0.1) is 0 Å². The summed E-state index contributed by atoms with van der Waals surface area (Å²) in [6.07, 6.45) is 1.43. The summed E-state index contributed by atoms with van der Waals surface area (Å²) in [6.45, 7) is 7.26. The summed E-state index contributed by atoms with van der Waals surface area (Å²) >= 11 is 0. The molecule has 3 heterocycles. The summed E-state index contributed by atoms with van der Waals surface area (Å²) in [5.74, 6) is 0.804. The fraction of sp³-hybridized carbons (Fsp3) is 0.172. The van der Waals surface area contributed by atoms with Crippen molar-refractivity contribution in [3.63, 3.8) is 0 Å². The van der Waals surface area contributed by atoms with Crippen molar-refractivity contribution >= 4 is 34.4 Å². The van der Waals surface area contributed by atoms with E-state index in [0.29, 0.717) is 45.4 Å². The third-order valence-electron chi connectivity index (χ3n) is 6.51. The molecule has 0 saturated heterocycles. The van der Waals surface area contributed by atoms with Gasteiger partial charge in [0.2, 0.25) is 5.89 Å². The van der Waals surface area contributed by atoms with Gasteiger partial charge in [-0.3, -0.25) is 9.59 Å². The molecule has 0 atom stereocenters. The average molecular weight is 537 g/mol. The van der Waals surface area contributed by atoms with E-state index < -0.39 is 0 Å². The lowest BCUT2D eigenvalue weighted by Crippen LogP contribution is -2.26. The number of benzene rings is 2. The SMILES string of the molecule is C=C(C)C(=O)Nc1ccc(-c2c(-c3ccc(C(=O)N(C)Cc4nc(C)no4)cc3)c3c(N)ncnc3n2C)cc1. The first kappa shape index (κ1) is 26.3. The van der Waals surface area contributed by atoms with Crippen LogP contribution in [0, 0.1) is 6.92 Å². The smallest absolute Gasteiger partial charge is 0.254 e. The Morgan fingerprint density at radius 1 is 1.07 bits per heavy atom. The number of hydrogen-bond donors (Lipinski definition) is 2. The van der Waals surface area contributed by atoms with E-state index in [-0.39, 0.29) is 18.4 Å². The Hall–Kier alpha value is -5.32. The first-order chi connectivity index (χ1) is 19.1. The second-order valence-electron chi connectivity index (χ2n) is 9.53. The third-order valence-corrected chi connectivity index (χ3v) is 6.51. The van der Waals surface area contributed by atoms with E-state index in [2.05, 4.69) is 32.0 Å². The van der Waals surface area contributed by atoms with Crippen LogP contribution in [0.5, 0.6) is 0 Å². The molecule has 202 valence electrons. The molecule has 5 aromatic rings. The highest BCUT2D eigenvalue weighted by molar-refractivity contribution is 6.08. The molecule has 40 heavy (non-hydrogen) atoms. The number of nitrogens with zero attached hydrogens (tertiary/aromatic N) is 6. The van der Waals surface area contributed by atoms with Crippen LogP contribution in [0.15, 0.2) is 71.5 Å². The number of nitrogen functional groups attached to an aromatic ring is 1. The summed E-state index contributed by atoms with van der Waals surface area (Å²) < 4.78 is 7.10. The second-order valence-corrected chi connectivity index (χ2v) is 9.53. The number of carbonyl (C=O) groups excluding carboxylic acids is 2. The van der Waals surface area contributed by atoms with Gasteiger partial charge < -0.3 is 25.0 Å². The van der Waals surface area contributed by atoms with Gasteiger partial charge in [-0.25, -0.2) is 9.97 Å². The highest BCUT2D eigenvalue weighted by Gasteiger charge is 2.23. The fourth-order valence-electron chi connectivity index (χ4n) is 4.52. The fourth-order valence-corrected chi connectivity index (χ4v) is 4.52. The molecule has 0 radical (unpaired) electrons. The number of nitrogens with one attached hydrogen (secondary N) is 1. The molecule has 11 nitrogen and oxygen atoms in total. The number of fused-ring (bicyclic) bond motifs is 1. The van der Waals surface area contributed by atoms with Crippen molar-refractivity contribution in [2.75, 3.05) is 18.1 Å². The molecular weight excluding hydrogens is 508 g/mol. The monoisotopic (exact) mass is 536 g/mol. The van der Waals surface area contributed by atoms with E-state index in [9.17, 15) is 9.59 Å². The number of anilines is 2. The molecule has 5 rings (SSSR count). The normalized spacial score (nSPS) is 11.0. The minimum Gasteiger partial charge on any atom is -0.383 e. The summed E-state index contributed by atoms with van der Waals surface area (Å²) in [7, 11) is 3.59. The second kappa shape index (κ2) is 10.4. The minimum absolute atomic E-state index is 0.184. The molecule has 0 saturated carbocycles. The number of aromatic nitrogens is 5. The lowest BCUT2D eigenvalue weighted by molar-refractivity contribution is -0.112. The van der Waals surface area contributed by atoms with Gasteiger partial charge in [0.15, 0.2) is 5.82 Å². The molecule has 3 N–H and O–H groups in total. The van der Waals surface area contributed by atoms with Crippen LogP contribution in [-0.2, 0) is 18.4 Å². The number of carbonyl (C=O) groups is 2. The average Bonchev–Trinajstić information content (AvgIpc) is 3.49. The highest BCUT2D eigenvalue weighted by atomic mass is 16.5. The van der Waals surface area contributed by atoms with Crippen LogP contribution in [-0.4, -0.2) is 48.4 Å². The molecule has 0 spiro atoms. The molecule has 0 aliphatic carbocycles. The maximum absolute atomic E-state index is 13.1. The molecule has 2 aromatic carbocycles. The molecule has 0 unspecified atom stereocenters. The van der Waals surface area contributed by atoms with Crippen molar-refractivity contribution in [1.29, 1.82) is 0 Å². The minimum atomic E-state index is -0.242. The molecule has 11 heteroatoms. The van der Waals surface area contributed by atoms with Gasteiger partial charge in [0.25, 0.3) is 11.8 Å². The van der Waals surface area contributed by atoms with Crippen LogP contribution in [0.25, 0.3) is 33.4 Å². The van der Waals surface area contributed by atoms with E-state index in [1.165, 1.54) is 11.2 Å². The Balaban J connectivity index is 1.52. The number of nitrogens with two attached hydrogens (primary N) is 1. The Bertz CT molecular complexity index is 1750. The summed E-state index contributed by atoms with van der Waals surface area (Å²) in [5, 5.41) is 7.30. The van der Waals surface area contributed by atoms with Crippen LogP contribution in [0.4, 0.5) is 11.5 Å². The van der Waals surface area contributed by atoms with E-state index in [1.54, 1.807) is 33.0 Å². The molecule has 0 bridgehead atoms. The van der Waals surface area contributed by atoms with Gasteiger partial charge in [-0.05, 0) is 49.2 Å². The van der Waals surface area contributed by atoms with Gasteiger partial charge in [0, 0.05) is 36.5 Å². The number of rotatable bonds is 7. The molecule has 0 fully saturated rings. The summed E-state index contributed by atoms with van der Waals surface area (Å²) in [6, 6.07) is 14.8. The van der Waals surface area contributed by atoms with Crippen molar-refractivity contribution in [3.8, 4) is 22.4 Å². The molecule has 3 aromatic heterocycles. The Morgan fingerprint density at radius 2 is 1.75 bits per heavy atom. The molecular formula is C29H28N8O3. The van der Waals surface area contributed by atoms with Crippen molar-refractivity contribution in [2.45, 2.75) is 20.4 Å². The third kappa shape index (κ3) is 4.92. The van der Waals surface area contributed by atoms with Crippen molar-refractivity contribution in [1.82, 2.24) is 29.6 Å². The van der Waals surface area contributed by atoms with E-state index in [1.807, 2.05) is 48.0 Å². The zero-order valence-electron chi connectivity index (χ0n) is 22.6. The largest absolute Gasteiger partial charge is 0.383 e. The summed E-state index contributed by atoms with van der Waals surface area (Å²) in [4.78, 5) is 39.5. The predicted molar refractivity (Wildman–Crippen MR) is 152 cm³/mol. The first-order valence-corrected chi connectivity index (χ1v) is 12.4. The van der Waals surface area contributed by atoms with Crippen molar-refractivity contribution in [3.05, 3.63) is 84.3 Å². The standard InChI is InChI=1S/C29H28N8O3/c1-16(2)28(38)34-21-12-10-19(11-13-21)25-23(24-26(30)31-15-32-27(24)37(25)5)18-6-8-20(9-7-18)29(39)36(4)14-22-33-17(3)35-40-22/h6-13,15H,1,14H2,2-5H3,(H,34,38)(H2,30,31,32). The quantitative estimate of drug-likeness (QED) is 0.292. The van der Waals surface area contributed by atoms with E-state index >= 15 is 0 Å². The predicted octanol–water partition coefficient (Wildman–Crippen LogP) is 4.36. The van der Waals surface area contributed by atoms with Crippen LogP contribution in [0.1, 0.15) is 29.0 Å². The lowest BCUT2D eigenvalue weighted by Gasteiger charge is -2.15. The van der Waals surface area contributed by atoms with Crippen molar-refractivity contribution in [2.24, 2.45) is 7.05 Å². The highest BCUT2D eigenvalue weighted by Crippen LogP contribution is 2.41. The zero-order chi connectivity index (χ0) is 28.6. The van der Waals surface area contributed by atoms with Gasteiger partial charge in [0.1, 0.15) is 17.8 Å². The topological polar surface area (TPSA) is 145 Å². The van der Waals surface area contributed by atoms with Gasteiger partial charge in [0.05, 0.1) is 17.6 Å². The summed E-state index contributed by atoms with van der Waals surface area (Å²) in [5.41, 5.74) is 12.0. The van der Waals surface area contributed by atoms with E-state index in [0.717, 1.165) is 22.4 Å². The van der Waals surface area contributed by atoms with Crippen LogP contribution in [0.2, 0.25) is 0 Å². The van der Waals surface area contributed by atoms with Crippen molar-refractivity contribution < 1.29 is 14.1 Å². The van der Waals surface area contributed by atoms with Crippen LogP contribution < -0.4 is 11.1 Å². The van der Waals surface area contributed by atoms with Crippen LogP contribution in [0.3, 0.4) is 0 Å². The Kier molecular flexibility index (Phi) is 6.87. The first-order valence-electron chi connectivity index (χ1n) is 12.4. The zero-order valence-corrected chi connectivity index (χ0v) is 22.6. The number of amides is 2. The van der Waals surface area contributed by atoms with Gasteiger partial charge in [-0.1, -0.05) is 36.0 Å². The van der Waals surface area contributed by atoms with Gasteiger partial charge in [-0.2, -0.15) is 4.98 Å². The Morgan fingerprint density at radius 3 is 2.38 bits per heavy atom. The Labute approximate surface area is 230 Å².